The van der Waals surface area contributed by atoms with E-state index >= 15 is 0 Å². The highest BCUT2D eigenvalue weighted by molar-refractivity contribution is 7.99. The summed E-state index contributed by atoms with van der Waals surface area (Å²) in [6, 6.07) is 6.87. The van der Waals surface area contributed by atoms with Crippen LogP contribution in [-0.4, -0.2) is 16.4 Å². The second-order valence-electron chi connectivity index (χ2n) is 3.49. The highest BCUT2D eigenvalue weighted by Gasteiger charge is 2.14. The van der Waals surface area contributed by atoms with E-state index in [2.05, 4.69) is 19.6 Å². The first kappa shape index (κ1) is 13.4. The van der Waals surface area contributed by atoms with Crippen molar-refractivity contribution in [2.24, 2.45) is 5.92 Å². The van der Waals surface area contributed by atoms with E-state index in [-0.39, 0.29) is 10.6 Å². The fraction of sp³-hybridized carbons (Fsp3) is 0.455. The molecule has 0 saturated carbocycles. The molecule has 0 spiro atoms. The van der Waals surface area contributed by atoms with E-state index in [1.54, 1.807) is 30.0 Å². The lowest BCUT2D eigenvalue weighted by atomic mass is 10.2. The summed E-state index contributed by atoms with van der Waals surface area (Å²) in [5.41, 5.74) is 0.196. The standard InChI is InChI=1S/C11H15NO2S2/c1-2-9(7-15)8-16-11-6-4-3-5-10(11)12(13)14/h3-6,9,15H,2,7-8H2,1H3. The third kappa shape index (κ3) is 3.72. The topological polar surface area (TPSA) is 43.1 Å². The van der Waals surface area contributed by atoms with Crippen LogP contribution in [0.25, 0.3) is 0 Å². The SMILES string of the molecule is CCC(CS)CSc1ccccc1[N+](=O)[O-]. The van der Waals surface area contributed by atoms with Crippen molar-refractivity contribution in [2.75, 3.05) is 11.5 Å². The normalized spacial score (nSPS) is 12.4. The largest absolute Gasteiger partial charge is 0.282 e. The van der Waals surface area contributed by atoms with Gasteiger partial charge in [0.2, 0.25) is 0 Å². The molecular formula is C11H15NO2S2. The molecule has 0 aliphatic rings. The fourth-order valence-corrected chi connectivity index (χ4v) is 3.03. The zero-order valence-corrected chi connectivity index (χ0v) is 10.8. The van der Waals surface area contributed by atoms with E-state index in [0.29, 0.717) is 5.92 Å². The van der Waals surface area contributed by atoms with E-state index in [1.165, 1.54) is 0 Å². The van der Waals surface area contributed by atoms with Crippen LogP contribution in [0.5, 0.6) is 0 Å². The van der Waals surface area contributed by atoms with Crippen LogP contribution in [0, 0.1) is 16.0 Å². The summed E-state index contributed by atoms with van der Waals surface area (Å²) in [5.74, 6) is 2.21. The van der Waals surface area contributed by atoms with E-state index in [1.807, 2.05) is 6.07 Å². The van der Waals surface area contributed by atoms with Gasteiger partial charge in [-0.3, -0.25) is 10.1 Å². The smallest absolute Gasteiger partial charge is 0.258 e. The van der Waals surface area contributed by atoms with Crippen LogP contribution in [0.1, 0.15) is 13.3 Å². The minimum atomic E-state index is -0.329. The highest BCUT2D eigenvalue weighted by Crippen LogP contribution is 2.30. The van der Waals surface area contributed by atoms with Gasteiger partial charge < -0.3 is 0 Å². The summed E-state index contributed by atoms with van der Waals surface area (Å²) >= 11 is 5.80. The molecular weight excluding hydrogens is 242 g/mol. The summed E-state index contributed by atoms with van der Waals surface area (Å²) < 4.78 is 0. The van der Waals surface area contributed by atoms with Gasteiger partial charge in [0.05, 0.1) is 9.82 Å². The molecule has 1 aromatic carbocycles. The van der Waals surface area contributed by atoms with Crippen molar-refractivity contribution in [1.82, 2.24) is 0 Å². The number of thiol groups is 1. The molecule has 1 aromatic rings. The summed E-state index contributed by atoms with van der Waals surface area (Å²) in [6.45, 7) is 2.11. The molecule has 0 aromatic heterocycles. The Labute approximate surface area is 105 Å². The first-order valence-corrected chi connectivity index (χ1v) is 6.78. The quantitative estimate of drug-likeness (QED) is 0.366. The molecule has 1 unspecified atom stereocenters. The molecule has 0 N–H and O–H groups in total. The van der Waals surface area contributed by atoms with Crippen LogP contribution in [0.15, 0.2) is 29.2 Å². The Morgan fingerprint density at radius 1 is 1.50 bits per heavy atom. The Hall–Kier alpha value is -0.680. The Morgan fingerprint density at radius 3 is 2.75 bits per heavy atom. The predicted molar refractivity (Wildman–Crippen MR) is 71.5 cm³/mol. The maximum atomic E-state index is 10.8. The molecule has 0 fully saturated rings. The first-order chi connectivity index (χ1) is 7.69. The Morgan fingerprint density at radius 2 is 2.19 bits per heavy atom. The molecule has 0 radical (unpaired) electrons. The number of hydrogen-bond acceptors (Lipinski definition) is 4. The van der Waals surface area contributed by atoms with Gasteiger partial charge in [-0.2, -0.15) is 12.6 Å². The summed E-state index contributed by atoms with van der Waals surface area (Å²) in [6.07, 6.45) is 1.05. The number of para-hydroxylation sites is 1. The molecule has 0 aliphatic heterocycles. The van der Waals surface area contributed by atoms with Crippen LogP contribution < -0.4 is 0 Å². The van der Waals surface area contributed by atoms with Crippen molar-refractivity contribution in [3.63, 3.8) is 0 Å². The second kappa shape index (κ2) is 6.81. The maximum Gasteiger partial charge on any atom is 0.282 e. The minimum absolute atomic E-state index is 0.196. The van der Waals surface area contributed by atoms with Crippen LogP contribution in [0.4, 0.5) is 5.69 Å². The van der Waals surface area contributed by atoms with Gasteiger partial charge in [-0.15, -0.1) is 11.8 Å². The van der Waals surface area contributed by atoms with Crippen LogP contribution >= 0.6 is 24.4 Å². The zero-order chi connectivity index (χ0) is 12.0. The molecule has 1 atom stereocenters. The van der Waals surface area contributed by atoms with Crippen LogP contribution in [-0.2, 0) is 0 Å². The molecule has 5 heteroatoms. The average Bonchev–Trinajstić information content (AvgIpc) is 2.30. The molecule has 3 nitrogen and oxygen atoms in total. The second-order valence-corrected chi connectivity index (χ2v) is 4.92. The van der Waals surface area contributed by atoms with E-state index in [9.17, 15) is 10.1 Å². The van der Waals surface area contributed by atoms with Gasteiger partial charge in [0, 0.05) is 11.8 Å². The number of nitro groups is 1. The number of nitro benzene ring substituents is 1. The van der Waals surface area contributed by atoms with Gasteiger partial charge in [-0.25, -0.2) is 0 Å². The lowest BCUT2D eigenvalue weighted by Crippen LogP contribution is -2.04. The Bertz CT molecular complexity index is 354. The molecule has 0 heterocycles. The number of rotatable bonds is 6. The highest BCUT2D eigenvalue weighted by atomic mass is 32.2. The maximum absolute atomic E-state index is 10.8. The monoisotopic (exact) mass is 257 g/mol. The van der Waals surface area contributed by atoms with Gasteiger partial charge in [-0.05, 0) is 17.7 Å². The lowest BCUT2D eigenvalue weighted by Gasteiger charge is -2.10. The molecule has 1 rings (SSSR count). The Balaban J connectivity index is 2.69. The predicted octanol–water partition coefficient (Wildman–Crippen LogP) is 3.64. The van der Waals surface area contributed by atoms with Crippen molar-refractivity contribution in [3.05, 3.63) is 34.4 Å². The minimum Gasteiger partial charge on any atom is -0.258 e. The summed E-state index contributed by atoms with van der Waals surface area (Å²) in [5, 5.41) is 10.8. The van der Waals surface area contributed by atoms with Gasteiger partial charge >= 0.3 is 0 Å². The van der Waals surface area contributed by atoms with Gasteiger partial charge in [0.1, 0.15) is 0 Å². The number of thioether (sulfide) groups is 1. The van der Waals surface area contributed by atoms with Crippen molar-refractivity contribution in [1.29, 1.82) is 0 Å². The van der Waals surface area contributed by atoms with Gasteiger partial charge in [0.25, 0.3) is 5.69 Å². The summed E-state index contributed by atoms with van der Waals surface area (Å²) in [4.78, 5) is 11.2. The average molecular weight is 257 g/mol. The van der Waals surface area contributed by atoms with E-state index in [0.717, 1.165) is 22.8 Å². The zero-order valence-electron chi connectivity index (χ0n) is 9.13. The molecule has 0 saturated heterocycles. The molecule has 0 amide bonds. The third-order valence-electron chi connectivity index (χ3n) is 2.37. The molecule has 0 aliphatic carbocycles. The van der Waals surface area contributed by atoms with Crippen molar-refractivity contribution < 1.29 is 4.92 Å². The molecule has 0 bridgehead atoms. The van der Waals surface area contributed by atoms with Crippen molar-refractivity contribution in [3.8, 4) is 0 Å². The number of hydrogen-bond donors (Lipinski definition) is 1. The van der Waals surface area contributed by atoms with Crippen molar-refractivity contribution in [2.45, 2.75) is 18.2 Å². The molecule has 88 valence electrons. The number of nitrogens with zero attached hydrogens (tertiary/aromatic N) is 1. The van der Waals surface area contributed by atoms with Gasteiger partial charge in [-0.1, -0.05) is 25.5 Å². The third-order valence-corrected chi connectivity index (χ3v) is 4.18. The first-order valence-electron chi connectivity index (χ1n) is 5.16. The lowest BCUT2D eigenvalue weighted by molar-refractivity contribution is -0.387. The van der Waals surface area contributed by atoms with E-state index in [4.69, 9.17) is 0 Å². The van der Waals surface area contributed by atoms with Gasteiger partial charge in [0.15, 0.2) is 0 Å². The summed E-state index contributed by atoms with van der Waals surface area (Å²) in [7, 11) is 0. The fourth-order valence-electron chi connectivity index (χ4n) is 1.24. The Kier molecular flexibility index (Phi) is 5.69. The van der Waals surface area contributed by atoms with Crippen LogP contribution in [0.2, 0.25) is 0 Å². The van der Waals surface area contributed by atoms with Crippen molar-refractivity contribution >= 4 is 30.1 Å². The van der Waals surface area contributed by atoms with E-state index < -0.39 is 0 Å². The van der Waals surface area contributed by atoms with Crippen LogP contribution in [0.3, 0.4) is 0 Å². The number of benzene rings is 1. The molecule has 16 heavy (non-hydrogen) atoms.